The van der Waals surface area contributed by atoms with E-state index in [1.54, 1.807) is 18.2 Å². The van der Waals surface area contributed by atoms with Crippen LogP contribution in [0.5, 0.6) is 5.75 Å². The number of benzene rings is 1. The van der Waals surface area contributed by atoms with Gasteiger partial charge in [0.2, 0.25) is 5.91 Å². The Morgan fingerprint density at radius 3 is 2.82 bits per heavy atom. The summed E-state index contributed by atoms with van der Waals surface area (Å²) in [7, 11) is 1.50. The lowest BCUT2D eigenvalue weighted by atomic mass is 10.3. The number of hydrogen-bond acceptors (Lipinski definition) is 4. The fraction of sp³-hybridized carbons (Fsp3) is 0.214. The van der Waals surface area contributed by atoms with Crippen LogP contribution in [0.25, 0.3) is 0 Å². The molecule has 0 bridgehead atoms. The summed E-state index contributed by atoms with van der Waals surface area (Å²) in [6.07, 6.45) is 1.47. The molecule has 1 aromatic carbocycles. The van der Waals surface area contributed by atoms with E-state index in [4.69, 9.17) is 21.4 Å². The molecular formula is C14H14ClN3O4. The van der Waals surface area contributed by atoms with E-state index in [9.17, 15) is 9.59 Å². The first-order valence-electron chi connectivity index (χ1n) is 6.39. The molecular weight excluding hydrogens is 310 g/mol. The summed E-state index contributed by atoms with van der Waals surface area (Å²) in [5.74, 6) is -0.838. The van der Waals surface area contributed by atoms with Gasteiger partial charge < -0.3 is 15.2 Å². The third-order valence-electron chi connectivity index (χ3n) is 2.92. The highest BCUT2D eigenvalue weighted by Gasteiger charge is 2.12. The van der Waals surface area contributed by atoms with Crippen LogP contribution in [0, 0.1) is 0 Å². The predicted octanol–water partition coefficient (Wildman–Crippen LogP) is 2.27. The number of ether oxygens (including phenoxy) is 1. The topological polar surface area (TPSA) is 93.5 Å². The van der Waals surface area contributed by atoms with Crippen LogP contribution in [-0.4, -0.2) is 33.9 Å². The van der Waals surface area contributed by atoms with Crippen LogP contribution < -0.4 is 10.1 Å². The second-order valence-electron chi connectivity index (χ2n) is 4.39. The molecule has 2 rings (SSSR count). The molecule has 0 spiro atoms. The fourth-order valence-corrected chi connectivity index (χ4v) is 2.13. The number of carbonyl (C=O) groups is 2. The van der Waals surface area contributed by atoms with E-state index in [0.717, 1.165) is 0 Å². The Bertz CT molecular complexity index is 699. The summed E-state index contributed by atoms with van der Waals surface area (Å²) < 4.78 is 6.29. The lowest BCUT2D eigenvalue weighted by molar-refractivity contribution is -0.116. The normalized spacial score (nSPS) is 10.3. The zero-order valence-corrected chi connectivity index (χ0v) is 12.5. The highest BCUT2D eigenvalue weighted by atomic mass is 35.5. The van der Waals surface area contributed by atoms with Crippen LogP contribution in [0.1, 0.15) is 16.9 Å². The van der Waals surface area contributed by atoms with E-state index >= 15 is 0 Å². The lowest BCUT2D eigenvalue weighted by Crippen LogP contribution is -2.17. The minimum absolute atomic E-state index is 0.0419. The number of halogens is 1. The van der Waals surface area contributed by atoms with Gasteiger partial charge in [0.05, 0.1) is 18.7 Å². The van der Waals surface area contributed by atoms with Gasteiger partial charge in [-0.2, -0.15) is 5.10 Å². The van der Waals surface area contributed by atoms with E-state index in [1.165, 1.54) is 24.1 Å². The third-order valence-corrected chi connectivity index (χ3v) is 3.22. The fourth-order valence-electron chi connectivity index (χ4n) is 1.87. The minimum atomic E-state index is -1.08. The van der Waals surface area contributed by atoms with Crippen molar-refractivity contribution in [3.63, 3.8) is 0 Å². The van der Waals surface area contributed by atoms with Gasteiger partial charge in [0.15, 0.2) is 0 Å². The molecule has 0 unspecified atom stereocenters. The number of nitrogens with zero attached hydrogens (tertiary/aromatic N) is 2. The van der Waals surface area contributed by atoms with Gasteiger partial charge in [-0.25, -0.2) is 4.79 Å². The monoisotopic (exact) mass is 323 g/mol. The van der Waals surface area contributed by atoms with Gasteiger partial charge in [-0.3, -0.25) is 9.48 Å². The number of aromatic carboxylic acids is 1. The molecule has 8 heteroatoms. The Morgan fingerprint density at radius 1 is 1.41 bits per heavy atom. The maximum absolute atomic E-state index is 11.9. The van der Waals surface area contributed by atoms with Gasteiger partial charge >= 0.3 is 5.97 Å². The van der Waals surface area contributed by atoms with Gasteiger partial charge in [-0.15, -0.1) is 0 Å². The zero-order valence-electron chi connectivity index (χ0n) is 11.7. The highest BCUT2D eigenvalue weighted by Crippen LogP contribution is 2.27. The van der Waals surface area contributed by atoms with E-state index in [1.807, 2.05) is 0 Å². The van der Waals surface area contributed by atoms with Crippen molar-refractivity contribution < 1.29 is 19.4 Å². The van der Waals surface area contributed by atoms with Crippen molar-refractivity contribution >= 4 is 29.2 Å². The molecule has 0 aliphatic rings. The Balaban J connectivity index is 1.94. The molecule has 0 saturated heterocycles. The number of nitrogens with one attached hydrogen (secondary N) is 1. The second-order valence-corrected chi connectivity index (χ2v) is 4.80. The summed E-state index contributed by atoms with van der Waals surface area (Å²) in [6, 6.07) is 6.27. The quantitative estimate of drug-likeness (QED) is 0.850. The number of carboxylic acid groups (broad SMARTS) is 1. The van der Waals surface area contributed by atoms with Crippen molar-refractivity contribution in [2.45, 2.75) is 13.0 Å². The number of methoxy groups -OCH3 is 1. The van der Waals surface area contributed by atoms with Gasteiger partial charge in [-0.05, 0) is 24.3 Å². The summed E-state index contributed by atoms with van der Waals surface area (Å²) >= 11 is 5.97. The van der Waals surface area contributed by atoms with Crippen molar-refractivity contribution in [1.29, 1.82) is 0 Å². The van der Waals surface area contributed by atoms with E-state index < -0.39 is 5.97 Å². The number of carbonyl (C=O) groups excluding carboxylic acids is 1. The molecule has 0 saturated carbocycles. The molecule has 22 heavy (non-hydrogen) atoms. The molecule has 0 aliphatic heterocycles. The van der Waals surface area contributed by atoms with Crippen LogP contribution >= 0.6 is 11.6 Å². The highest BCUT2D eigenvalue weighted by molar-refractivity contribution is 6.32. The summed E-state index contributed by atoms with van der Waals surface area (Å²) in [5.41, 5.74) is 0.579. The van der Waals surface area contributed by atoms with Gasteiger partial charge in [-0.1, -0.05) is 11.6 Å². The number of rotatable bonds is 6. The predicted molar refractivity (Wildman–Crippen MR) is 80.4 cm³/mol. The van der Waals surface area contributed by atoms with Crippen molar-refractivity contribution in [2.24, 2.45) is 0 Å². The smallest absolute Gasteiger partial charge is 0.354 e. The van der Waals surface area contributed by atoms with Crippen LogP contribution in [0.15, 0.2) is 30.5 Å². The Labute approximate surface area is 131 Å². The Hall–Kier alpha value is -2.54. The molecule has 2 N–H and O–H groups in total. The van der Waals surface area contributed by atoms with Crippen molar-refractivity contribution in [2.75, 3.05) is 12.4 Å². The number of aryl methyl sites for hydroxylation is 1. The Morgan fingerprint density at radius 2 is 2.18 bits per heavy atom. The van der Waals surface area contributed by atoms with E-state index in [0.29, 0.717) is 16.5 Å². The van der Waals surface area contributed by atoms with Crippen molar-refractivity contribution in [1.82, 2.24) is 9.78 Å². The maximum Gasteiger partial charge on any atom is 0.354 e. The zero-order chi connectivity index (χ0) is 16.1. The Kier molecular flexibility index (Phi) is 5.00. The molecule has 0 aliphatic carbocycles. The van der Waals surface area contributed by atoms with Crippen LogP contribution in [0.4, 0.5) is 5.69 Å². The lowest BCUT2D eigenvalue weighted by Gasteiger charge is -2.08. The average molecular weight is 324 g/mol. The SMILES string of the molecule is COc1ccc(NC(=O)CCn2nccc2C(=O)O)cc1Cl. The first kappa shape index (κ1) is 15.8. The number of anilines is 1. The molecule has 2 aromatic rings. The summed E-state index contributed by atoms with van der Waals surface area (Å²) in [4.78, 5) is 22.8. The molecule has 116 valence electrons. The molecule has 0 fully saturated rings. The molecule has 1 amide bonds. The van der Waals surface area contributed by atoms with Crippen molar-refractivity contribution in [3.8, 4) is 5.75 Å². The van der Waals surface area contributed by atoms with Crippen LogP contribution in [0.3, 0.4) is 0 Å². The summed E-state index contributed by atoms with van der Waals surface area (Å²) in [5, 5.41) is 15.9. The second kappa shape index (κ2) is 6.95. The third kappa shape index (κ3) is 3.76. The first-order chi connectivity index (χ1) is 10.5. The van der Waals surface area contributed by atoms with Gasteiger partial charge in [0, 0.05) is 18.3 Å². The number of carboxylic acids is 1. The molecule has 1 aromatic heterocycles. The number of hydrogen-bond donors (Lipinski definition) is 2. The molecule has 0 radical (unpaired) electrons. The first-order valence-corrected chi connectivity index (χ1v) is 6.77. The van der Waals surface area contributed by atoms with Crippen molar-refractivity contribution in [3.05, 3.63) is 41.2 Å². The molecule has 0 atom stereocenters. The molecule has 7 nitrogen and oxygen atoms in total. The minimum Gasteiger partial charge on any atom is -0.495 e. The largest absolute Gasteiger partial charge is 0.495 e. The van der Waals surface area contributed by atoms with Crippen LogP contribution in [0.2, 0.25) is 5.02 Å². The van der Waals surface area contributed by atoms with E-state index in [2.05, 4.69) is 10.4 Å². The number of amides is 1. The number of aromatic nitrogens is 2. The van der Waals surface area contributed by atoms with E-state index in [-0.39, 0.29) is 24.6 Å². The van der Waals surface area contributed by atoms with Gasteiger partial charge in [0.1, 0.15) is 11.4 Å². The average Bonchev–Trinajstić information content (AvgIpc) is 2.94. The standard InChI is InChI=1S/C14H14ClN3O4/c1-22-12-3-2-9(8-10(12)15)17-13(19)5-7-18-11(14(20)21)4-6-16-18/h2-4,6,8H,5,7H2,1H3,(H,17,19)(H,20,21). The molecule has 1 heterocycles. The van der Waals surface area contributed by atoms with Crippen LogP contribution in [-0.2, 0) is 11.3 Å². The maximum atomic E-state index is 11.9. The summed E-state index contributed by atoms with van der Waals surface area (Å²) in [6.45, 7) is 0.171. The van der Waals surface area contributed by atoms with Gasteiger partial charge in [0.25, 0.3) is 0 Å².